The summed E-state index contributed by atoms with van der Waals surface area (Å²) >= 11 is 6.20. The molecule has 1 saturated heterocycles. The van der Waals surface area contributed by atoms with E-state index in [4.69, 9.17) is 20.5 Å². The molecule has 11 heteroatoms. The molecule has 1 amide bonds. The highest BCUT2D eigenvalue weighted by molar-refractivity contribution is 7.83. The first-order valence-corrected chi connectivity index (χ1v) is 16.2. The summed E-state index contributed by atoms with van der Waals surface area (Å²) in [6.45, 7) is -1.37. The minimum atomic E-state index is -3.53. The number of nitrogens with one attached hydrogen (secondary N) is 1. The molecule has 2 N–H and O–H groups in total. The molecule has 3 unspecified atom stereocenters. The molecule has 2 aliphatic heterocycles. The van der Waals surface area contributed by atoms with Crippen molar-refractivity contribution in [2.24, 2.45) is 0 Å². The van der Waals surface area contributed by atoms with Crippen molar-refractivity contribution in [3.05, 3.63) is 119 Å². The van der Waals surface area contributed by atoms with Crippen LogP contribution >= 0.6 is 18.1 Å². The van der Waals surface area contributed by atoms with Gasteiger partial charge in [-0.25, -0.2) is 4.67 Å². The van der Waals surface area contributed by atoms with Gasteiger partial charge in [-0.1, -0.05) is 91.0 Å². The highest BCUT2D eigenvalue weighted by atomic mass is 35.7. The molecule has 3 aromatic carbocycles. The zero-order chi connectivity index (χ0) is 29.9. The second kappa shape index (κ2) is 12.7. The number of amides is 1. The van der Waals surface area contributed by atoms with Crippen LogP contribution < -0.4 is 5.32 Å². The molecule has 1 fully saturated rings. The van der Waals surface area contributed by atoms with Crippen LogP contribution in [0.2, 0.25) is 0 Å². The van der Waals surface area contributed by atoms with Gasteiger partial charge in [0.1, 0.15) is 6.17 Å². The van der Waals surface area contributed by atoms with E-state index in [0.717, 1.165) is 16.7 Å². The number of rotatable bonds is 9. The van der Waals surface area contributed by atoms with Crippen molar-refractivity contribution in [1.29, 1.82) is 0 Å². The van der Waals surface area contributed by atoms with Gasteiger partial charge in [0.25, 0.3) is 5.91 Å². The molecule has 9 nitrogen and oxygen atoms in total. The Morgan fingerprint density at radius 2 is 1.50 bits per heavy atom. The summed E-state index contributed by atoms with van der Waals surface area (Å²) in [6, 6.07) is 30.5. The molecule has 42 heavy (non-hydrogen) atoms. The number of carbonyl (C=O) groups is 1. The summed E-state index contributed by atoms with van der Waals surface area (Å²) in [5, 5.41) is 13.8. The maximum atomic E-state index is 12.8. The van der Waals surface area contributed by atoms with Gasteiger partial charge in [-0.05, 0) is 49.0 Å². The molecule has 4 atom stereocenters. The number of carbonyl (C=O) groups excluding carboxylic acids is 1. The van der Waals surface area contributed by atoms with Crippen molar-refractivity contribution in [3.63, 3.8) is 0 Å². The third-order valence-corrected chi connectivity index (χ3v) is 10.4. The Bertz CT molecular complexity index is 1350. The summed E-state index contributed by atoms with van der Waals surface area (Å²) in [5.74, 6) is -0.338. The number of morpholine rings is 1. The van der Waals surface area contributed by atoms with Crippen LogP contribution in [0, 0.1) is 0 Å². The van der Waals surface area contributed by atoms with E-state index < -0.39 is 31.0 Å². The second-order valence-electron chi connectivity index (χ2n) is 10.6. The van der Waals surface area contributed by atoms with Gasteiger partial charge in [0.2, 0.25) is 6.35 Å². The molecular formula is C31H36ClN4O5P. The fraction of sp³-hybridized carbons (Fsp3) is 0.323. The van der Waals surface area contributed by atoms with Crippen molar-refractivity contribution >= 4 is 24.0 Å². The number of ether oxygens (including phenoxy) is 1. The van der Waals surface area contributed by atoms with Crippen LogP contribution in [0.3, 0.4) is 0 Å². The van der Waals surface area contributed by atoms with E-state index in [9.17, 15) is 14.5 Å². The predicted octanol–water partition coefficient (Wildman–Crippen LogP) is 4.54. The molecule has 3 aromatic rings. The molecule has 0 bridgehead atoms. The largest absolute Gasteiger partial charge is 0.371 e. The maximum Gasteiger partial charge on any atom is 0.362 e. The van der Waals surface area contributed by atoms with Crippen molar-refractivity contribution < 1.29 is 23.7 Å². The van der Waals surface area contributed by atoms with E-state index >= 15 is 0 Å². The van der Waals surface area contributed by atoms with Gasteiger partial charge in [0, 0.05) is 18.3 Å². The molecule has 0 aliphatic carbocycles. The Kier molecular flexibility index (Phi) is 9.20. The Morgan fingerprint density at radius 1 is 1.00 bits per heavy atom. The average molecular weight is 611 g/mol. The standard InChI is InChI=1S/C31H36ClN4O5P/c1-23-19-35(30(38)33-29(23)37)28-22-40-27(21-41-42(32,39)34(2)3)20-36(28)31(24-13-7-4-8-14-24,25-15-9-5-10-16-25)26-17-11-6-12-18-26/h4-19,27-28,30,38H,20-22H2,1-3H3,(H,33,37)/t27-,28?,30?,42?/m0/s1. The van der Waals surface area contributed by atoms with Gasteiger partial charge >= 0.3 is 6.87 Å². The molecule has 222 valence electrons. The van der Waals surface area contributed by atoms with Gasteiger partial charge in [0.05, 0.1) is 24.9 Å². The van der Waals surface area contributed by atoms with Crippen molar-refractivity contribution in [3.8, 4) is 0 Å². The van der Waals surface area contributed by atoms with E-state index in [-0.39, 0.29) is 19.1 Å². The lowest BCUT2D eigenvalue weighted by molar-refractivity contribution is -0.174. The van der Waals surface area contributed by atoms with E-state index in [2.05, 4.69) is 46.6 Å². The molecule has 0 saturated carbocycles. The molecule has 2 heterocycles. The lowest BCUT2D eigenvalue weighted by Gasteiger charge is -2.55. The van der Waals surface area contributed by atoms with Crippen LogP contribution in [0.5, 0.6) is 0 Å². The first-order valence-electron chi connectivity index (χ1n) is 13.8. The van der Waals surface area contributed by atoms with Crippen LogP contribution in [0.15, 0.2) is 103 Å². The summed E-state index contributed by atoms with van der Waals surface area (Å²) < 4.78 is 26.2. The third kappa shape index (κ3) is 5.92. The van der Waals surface area contributed by atoms with Crippen molar-refractivity contribution in [2.45, 2.75) is 31.1 Å². The van der Waals surface area contributed by atoms with Crippen molar-refractivity contribution in [2.75, 3.05) is 33.9 Å². The number of aliphatic hydroxyl groups is 1. The minimum Gasteiger partial charge on any atom is -0.371 e. The smallest absolute Gasteiger partial charge is 0.362 e. The summed E-state index contributed by atoms with van der Waals surface area (Å²) in [6.07, 6.45) is -0.650. The number of aliphatic hydroxyl groups excluding tert-OH is 1. The van der Waals surface area contributed by atoms with E-state index in [0.29, 0.717) is 12.1 Å². The molecule has 5 rings (SSSR count). The quantitative estimate of drug-likeness (QED) is 0.269. The molecule has 0 spiro atoms. The van der Waals surface area contributed by atoms with Gasteiger partial charge < -0.3 is 24.6 Å². The molecular weight excluding hydrogens is 575 g/mol. The van der Waals surface area contributed by atoms with E-state index in [1.165, 1.54) is 4.67 Å². The number of benzene rings is 3. The third-order valence-electron chi connectivity index (χ3n) is 7.73. The fourth-order valence-corrected chi connectivity index (χ4v) is 6.40. The minimum absolute atomic E-state index is 0.00914. The van der Waals surface area contributed by atoms with Crippen molar-refractivity contribution in [1.82, 2.24) is 19.8 Å². The van der Waals surface area contributed by atoms with E-state index in [1.54, 1.807) is 32.1 Å². The van der Waals surface area contributed by atoms with Crippen LogP contribution in [-0.2, 0) is 24.2 Å². The van der Waals surface area contributed by atoms with Gasteiger partial charge in [-0.15, -0.1) is 0 Å². The normalized spacial score (nSPS) is 23.3. The number of nitrogens with zero attached hydrogens (tertiary/aromatic N) is 3. The Balaban J connectivity index is 1.71. The zero-order valence-corrected chi connectivity index (χ0v) is 25.5. The lowest BCUT2D eigenvalue weighted by Crippen LogP contribution is -2.68. The number of hydrogen-bond donors (Lipinski definition) is 2. The fourth-order valence-electron chi connectivity index (χ4n) is 5.65. The zero-order valence-electron chi connectivity index (χ0n) is 23.8. The van der Waals surface area contributed by atoms with Crippen LogP contribution in [0.4, 0.5) is 0 Å². The number of hydrogen-bond acceptors (Lipinski definition) is 7. The monoisotopic (exact) mass is 610 g/mol. The first kappa shape index (κ1) is 30.4. The highest BCUT2D eigenvalue weighted by Gasteiger charge is 2.50. The first-order chi connectivity index (χ1) is 20.1. The maximum absolute atomic E-state index is 12.8. The Labute approximate surface area is 251 Å². The SMILES string of the molecule is CC1=CN(C2CO[C@H](COP(=O)(Cl)N(C)C)CN2C(c2ccccc2)(c2ccccc2)c2ccccc2)C(O)NC1=O. The van der Waals surface area contributed by atoms with Gasteiger partial charge in [-0.2, -0.15) is 0 Å². The molecule has 0 radical (unpaired) electrons. The van der Waals surface area contributed by atoms with Crippen LogP contribution in [-0.4, -0.2) is 78.0 Å². The highest BCUT2D eigenvalue weighted by Crippen LogP contribution is 2.54. The Hall–Kier alpha value is -3.01. The van der Waals surface area contributed by atoms with Crippen LogP contribution in [0.1, 0.15) is 23.6 Å². The topological polar surface area (TPSA) is 94.6 Å². The van der Waals surface area contributed by atoms with E-state index in [1.807, 2.05) is 54.6 Å². The lowest BCUT2D eigenvalue weighted by atomic mass is 9.74. The Morgan fingerprint density at radius 3 is 1.98 bits per heavy atom. The average Bonchev–Trinajstić information content (AvgIpc) is 3.00. The predicted molar refractivity (Wildman–Crippen MR) is 162 cm³/mol. The van der Waals surface area contributed by atoms with Crippen LogP contribution in [0.25, 0.3) is 0 Å². The van der Waals surface area contributed by atoms with Gasteiger partial charge in [-0.3, -0.25) is 14.3 Å². The number of halogens is 1. The van der Waals surface area contributed by atoms with Gasteiger partial charge in [0.15, 0.2) is 0 Å². The second-order valence-corrected chi connectivity index (χ2v) is 13.8. The summed E-state index contributed by atoms with van der Waals surface area (Å²) in [7, 11) is 3.20. The molecule has 2 aliphatic rings. The summed E-state index contributed by atoms with van der Waals surface area (Å²) in [5.41, 5.74) is 2.60. The summed E-state index contributed by atoms with van der Waals surface area (Å²) in [4.78, 5) is 16.4. The molecule has 0 aromatic heterocycles.